The van der Waals surface area contributed by atoms with E-state index >= 15 is 0 Å². The fraction of sp³-hybridized carbons (Fsp3) is 0.333. The lowest BCUT2D eigenvalue weighted by molar-refractivity contribution is 0.948. The van der Waals surface area contributed by atoms with Crippen molar-refractivity contribution in [2.45, 2.75) is 22.7 Å². The summed E-state index contributed by atoms with van der Waals surface area (Å²) in [5.74, 6) is 0.802. The van der Waals surface area contributed by atoms with Crippen molar-refractivity contribution in [2.24, 2.45) is 0 Å². The third-order valence-electron chi connectivity index (χ3n) is 1.70. The topological polar surface area (TPSA) is 63.6 Å². The molecule has 1 N–H and O–H groups in total. The summed E-state index contributed by atoms with van der Waals surface area (Å²) in [6, 6.07) is 0. The first-order valence-electron chi connectivity index (χ1n) is 4.89. The van der Waals surface area contributed by atoms with Gasteiger partial charge >= 0.3 is 0 Å². The van der Waals surface area contributed by atoms with Gasteiger partial charge in [-0.3, -0.25) is 4.98 Å². The molecule has 2 aromatic heterocycles. The minimum atomic E-state index is 0.802. The van der Waals surface area contributed by atoms with Gasteiger partial charge in [0, 0.05) is 6.54 Å². The average molecular weight is 253 g/mol. The molecule has 5 nitrogen and oxygen atoms in total. The van der Waals surface area contributed by atoms with Gasteiger partial charge in [0.15, 0.2) is 4.34 Å². The summed E-state index contributed by atoms with van der Waals surface area (Å²) in [6.07, 6.45) is 6.05. The zero-order valence-corrected chi connectivity index (χ0v) is 10.4. The van der Waals surface area contributed by atoms with Crippen LogP contribution in [0.4, 0.5) is 5.82 Å². The van der Waals surface area contributed by atoms with Gasteiger partial charge in [-0.25, -0.2) is 9.97 Å². The highest BCUT2D eigenvalue weighted by Crippen LogP contribution is 2.26. The lowest BCUT2D eigenvalue weighted by Gasteiger charge is -2.03. The number of hydrogen-bond acceptors (Lipinski definition) is 7. The number of aromatic nitrogens is 4. The maximum absolute atomic E-state index is 4.41. The monoisotopic (exact) mass is 253 g/mol. The Morgan fingerprint density at radius 2 is 2.38 bits per heavy atom. The molecular formula is C9H11N5S2. The van der Waals surface area contributed by atoms with Crippen LogP contribution in [-0.2, 0) is 0 Å². The van der Waals surface area contributed by atoms with Crippen molar-refractivity contribution in [2.75, 3.05) is 11.9 Å². The molecule has 0 atom stereocenters. The first-order chi connectivity index (χ1) is 7.88. The third kappa shape index (κ3) is 3.14. The summed E-state index contributed by atoms with van der Waals surface area (Å²) in [5, 5.41) is 4.03. The fourth-order valence-electron chi connectivity index (χ4n) is 1.03. The molecule has 0 amide bonds. The quantitative estimate of drug-likeness (QED) is 0.882. The molecule has 0 bridgehead atoms. The van der Waals surface area contributed by atoms with Crippen LogP contribution in [0.15, 0.2) is 28.1 Å². The van der Waals surface area contributed by atoms with Gasteiger partial charge in [-0.15, -0.1) is 0 Å². The Balaban J connectivity index is 2.04. The summed E-state index contributed by atoms with van der Waals surface area (Å²) in [4.78, 5) is 12.6. The van der Waals surface area contributed by atoms with Crippen LogP contribution in [0.1, 0.15) is 13.3 Å². The largest absolute Gasteiger partial charge is 0.369 e. The highest BCUT2D eigenvalue weighted by Gasteiger charge is 2.03. The van der Waals surface area contributed by atoms with Gasteiger partial charge in [0.2, 0.25) is 0 Å². The van der Waals surface area contributed by atoms with E-state index in [2.05, 4.69) is 31.6 Å². The molecule has 0 aromatic carbocycles. The van der Waals surface area contributed by atoms with Gasteiger partial charge in [-0.05, 0) is 29.7 Å². The second kappa shape index (κ2) is 5.76. The van der Waals surface area contributed by atoms with Crippen LogP contribution in [0.25, 0.3) is 0 Å². The standard InChI is InChI=1S/C9H11N5S2/c1-2-3-11-7-4-10-5-8(14-7)15-9-12-6-13-16-9/h4-6H,2-3H2,1H3,(H,11,14). The van der Waals surface area contributed by atoms with Gasteiger partial charge in [0.1, 0.15) is 17.2 Å². The molecule has 16 heavy (non-hydrogen) atoms. The number of hydrogen-bond donors (Lipinski definition) is 1. The predicted molar refractivity (Wildman–Crippen MR) is 64.8 cm³/mol. The Kier molecular flexibility index (Phi) is 4.06. The number of anilines is 1. The summed E-state index contributed by atoms with van der Waals surface area (Å²) >= 11 is 2.83. The highest BCUT2D eigenvalue weighted by molar-refractivity contribution is 8.00. The maximum atomic E-state index is 4.41. The van der Waals surface area contributed by atoms with E-state index in [1.807, 2.05) is 0 Å². The van der Waals surface area contributed by atoms with Crippen molar-refractivity contribution in [1.82, 2.24) is 19.3 Å². The SMILES string of the molecule is CCCNc1cncc(Sc2ncns2)n1. The molecule has 2 rings (SSSR count). The van der Waals surface area contributed by atoms with Gasteiger partial charge in [0.05, 0.1) is 12.4 Å². The molecule has 0 aliphatic rings. The zero-order valence-electron chi connectivity index (χ0n) is 8.75. The number of rotatable bonds is 5. The molecular weight excluding hydrogens is 242 g/mol. The first-order valence-corrected chi connectivity index (χ1v) is 6.48. The van der Waals surface area contributed by atoms with Crippen molar-refractivity contribution in [3.63, 3.8) is 0 Å². The van der Waals surface area contributed by atoms with Gasteiger partial charge in [-0.2, -0.15) is 4.37 Å². The Morgan fingerprint density at radius 3 is 3.12 bits per heavy atom. The van der Waals surface area contributed by atoms with Gasteiger partial charge in [-0.1, -0.05) is 6.92 Å². The Hall–Kier alpha value is -1.21. The molecule has 0 radical (unpaired) electrons. The van der Waals surface area contributed by atoms with Crippen molar-refractivity contribution in [3.05, 3.63) is 18.7 Å². The number of nitrogens with one attached hydrogen (secondary N) is 1. The zero-order chi connectivity index (χ0) is 11.2. The van der Waals surface area contributed by atoms with Gasteiger partial charge in [0.25, 0.3) is 0 Å². The van der Waals surface area contributed by atoms with Crippen molar-refractivity contribution >= 4 is 29.1 Å². The van der Waals surface area contributed by atoms with E-state index < -0.39 is 0 Å². The highest BCUT2D eigenvalue weighted by atomic mass is 32.2. The van der Waals surface area contributed by atoms with Crippen LogP contribution in [-0.4, -0.2) is 25.9 Å². The van der Waals surface area contributed by atoms with E-state index in [0.29, 0.717) is 0 Å². The maximum Gasteiger partial charge on any atom is 0.176 e. The molecule has 0 unspecified atom stereocenters. The molecule has 84 valence electrons. The van der Waals surface area contributed by atoms with E-state index in [9.17, 15) is 0 Å². The molecule has 0 saturated carbocycles. The minimum absolute atomic E-state index is 0.802. The predicted octanol–water partition coefficient (Wildman–Crippen LogP) is 2.30. The Bertz CT molecular complexity index is 431. The molecule has 0 aliphatic carbocycles. The lowest BCUT2D eigenvalue weighted by atomic mass is 10.5. The third-order valence-corrected chi connectivity index (χ3v) is 3.32. The molecule has 2 heterocycles. The molecule has 0 spiro atoms. The Morgan fingerprint density at radius 1 is 1.44 bits per heavy atom. The van der Waals surface area contributed by atoms with Gasteiger partial charge < -0.3 is 5.32 Å². The van der Waals surface area contributed by atoms with Crippen LogP contribution in [0, 0.1) is 0 Å². The summed E-state index contributed by atoms with van der Waals surface area (Å²) in [5.41, 5.74) is 0. The molecule has 2 aromatic rings. The van der Waals surface area contributed by atoms with Crippen LogP contribution in [0.2, 0.25) is 0 Å². The van der Waals surface area contributed by atoms with Crippen LogP contribution in [0.5, 0.6) is 0 Å². The van der Waals surface area contributed by atoms with E-state index in [1.165, 1.54) is 23.3 Å². The lowest BCUT2D eigenvalue weighted by Crippen LogP contribution is -2.02. The van der Waals surface area contributed by atoms with E-state index in [-0.39, 0.29) is 0 Å². The van der Waals surface area contributed by atoms with E-state index in [4.69, 9.17) is 0 Å². The van der Waals surface area contributed by atoms with Crippen LogP contribution in [0.3, 0.4) is 0 Å². The second-order valence-corrected chi connectivity index (χ2v) is 5.03. The van der Waals surface area contributed by atoms with Crippen molar-refractivity contribution in [1.29, 1.82) is 0 Å². The molecule has 0 saturated heterocycles. The molecule has 0 aliphatic heterocycles. The summed E-state index contributed by atoms with van der Waals surface area (Å²) in [7, 11) is 0. The minimum Gasteiger partial charge on any atom is -0.369 e. The average Bonchev–Trinajstić information content (AvgIpc) is 2.80. The molecule has 0 fully saturated rings. The summed E-state index contributed by atoms with van der Waals surface area (Å²) < 4.78 is 4.81. The first kappa shape index (κ1) is 11.3. The van der Waals surface area contributed by atoms with Crippen LogP contribution >= 0.6 is 23.3 Å². The van der Waals surface area contributed by atoms with E-state index in [0.717, 1.165) is 28.1 Å². The van der Waals surface area contributed by atoms with Crippen LogP contribution < -0.4 is 5.32 Å². The number of nitrogens with zero attached hydrogens (tertiary/aromatic N) is 4. The van der Waals surface area contributed by atoms with Crippen molar-refractivity contribution in [3.8, 4) is 0 Å². The van der Waals surface area contributed by atoms with E-state index in [1.54, 1.807) is 18.7 Å². The molecule has 7 heteroatoms. The normalized spacial score (nSPS) is 10.3. The Labute approximate surface area is 102 Å². The van der Waals surface area contributed by atoms with Crippen molar-refractivity contribution < 1.29 is 0 Å². The fourth-order valence-corrected chi connectivity index (χ4v) is 2.38. The second-order valence-electron chi connectivity index (χ2n) is 2.98. The summed E-state index contributed by atoms with van der Waals surface area (Å²) in [6.45, 7) is 3.02. The smallest absolute Gasteiger partial charge is 0.176 e.